The number of hydrogen-bond acceptors (Lipinski definition) is 2. The van der Waals surface area contributed by atoms with Gasteiger partial charge in [-0.2, -0.15) is 0 Å². The average molecular weight is 177 g/mol. The molecule has 0 aromatic carbocycles. The lowest BCUT2D eigenvalue weighted by atomic mass is 10.4. The molecule has 0 fully saturated rings. The lowest BCUT2D eigenvalue weighted by Gasteiger charge is -1.95. The van der Waals surface area contributed by atoms with Gasteiger partial charge < -0.3 is 0 Å². The fourth-order valence-corrected chi connectivity index (χ4v) is 0.589. The normalized spacial score (nSPS) is 10.0. The first kappa shape index (κ1) is 10.1. The summed E-state index contributed by atoms with van der Waals surface area (Å²) in [5, 5.41) is 2.02. The zero-order valence-electron chi connectivity index (χ0n) is 6.13. The van der Waals surface area contributed by atoms with Crippen molar-refractivity contribution in [1.29, 1.82) is 0 Å². The number of nitrogens with zero attached hydrogens (tertiary/aromatic N) is 1. The van der Waals surface area contributed by atoms with Gasteiger partial charge in [-0.05, 0) is 6.92 Å². The Bertz CT molecular complexity index is 179. The lowest BCUT2D eigenvalue weighted by molar-refractivity contribution is -0.119. The predicted octanol–water partition coefficient (Wildman–Crippen LogP) is 0.942. The zero-order valence-corrected chi connectivity index (χ0v) is 6.89. The Morgan fingerprint density at radius 1 is 1.64 bits per heavy atom. The maximum atomic E-state index is 10.6. The Hall–Kier alpha value is -0.900. The van der Waals surface area contributed by atoms with Crippen molar-refractivity contribution in [3.05, 3.63) is 0 Å². The van der Waals surface area contributed by atoms with Gasteiger partial charge in [-0.15, -0.1) is 11.6 Å². The second kappa shape index (κ2) is 5.85. The summed E-state index contributed by atoms with van der Waals surface area (Å²) in [6, 6.07) is -0.650. The van der Waals surface area contributed by atoms with Crippen LogP contribution in [0.4, 0.5) is 4.79 Å². The Morgan fingerprint density at radius 3 is 2.73 bits per heavy atom. The third-order valence-corrected chi connectivity index (χ3v) is 1.00. The molecule has 0 aliphatic carbocycles. The van der Waals surface area contributed by atoms with E-state index in [2.05, 4.69) is 4.99 Å². The molecule has 0 saturated heterocycles. The molecule has 0 aromatic rings. The van der Waals surface area contributed by atoms with Gasteiger partial charge in [0.25, 0.3) is 0 Å². The summed E-state index contributed by atoms with van der Waals surface area (Å²) in [6.07, 6.45) is 1.44. The summed E-state index contributed by atoms with van der Waals surface area (Å²) in [6.45, 7) is 1.59. The number of alkyl halides is 1. The summed E-state index contributed by atoms with van der Waals surface area (Å²) in [7, 11) is 0. The highest BCUT2D eigenvalue weighted by Crippen LogP contribution is 1.84. The maximum absolute atomic E-state index is 10.6. The molecule has 0 aliphatic rings. The number of urea groups is 1. The first-order chi connectivity index (χ1) is 5.20. The molecule has 0 spiro atoms. The molecule has 0 unspecified atom stereocenters. The second-order valence-corrected chi connectivity index (χ2v) is 2.06. The molecule has 4 nitrogen and oxygen atoms in total. The third-order valence-electron chi connectivity index (χ3n) is 0.814. The van der Waals surface area contributed by atoms with Gasteiger partial charge in [0.2, 0.25) is 5.91 Å². The predicted molar refractivity (Wildman–Crippen MR) is 43.0 cm³/mol. The molecule has 0 bridgehead atoms. The van der Waals surface area contributed by atoms with Crippen molar-refractivity contribution in [3.8, 4) is 0 Å². The number of imide groups is 1. The van der Waals surface area contributed by atoms with E-state index in [1.54, 1.807) is 6.92 Å². The molecule has 0 aliphatic heterocycles. The minimum Gasteiger partial charge on any atom is -0.276 e. The van der Waals surface area contributed by atoms with E-state index >= 15 is 0 Å². The maximum Gasteiger partial charge on any atom is 0.347 e. The highest BCUT2D eigenvalue weighted by Gasteiger charge is 2.03. The van der Waals surface area contributed by atoms with E-state index in [1.807, 2.05) is 5.32 Å². The zero-order chi connectivity index (χ0) is 8.69. The molecule has 0 saturated carbocycles. The van der Waals surface area contributed by atoms with E-state index in [0.29, 0.717) is 0 Å². The van der Waals surface area contributed by atoms with Gasteiger partial charge >= 0.3 is 6.03 Å². The summed E-state index contributed by atoms with van der Waals surface area (Å²) in [4.78, 5) is 24.5. The first-order valence-electron chi connectivity index (χ1n) is 3.09. The SMILES string of the molecule is CC=NC(=O)NC(=O)CCCl. The van der Waals surface area contributed by atoms with Crippen LogP contribution in [-0.4, -0.2) is 24.0 Å². The van der Waals surface area contributed by atoms with Crippen molar-refractivity contribution in [2.45, 2.75) is 13.3 Å². The Labute approximate surface area is 69.6 Å². The van der Waals surface area contributed by atoms with Crippen LogP contribution in [0, 0.1) is 0 Å². The van der Waals surface area contributed by atoms with Crippen molar-refractivity contribution in [2.24, 2.45) is 4.99 Å². The van der Waals surface area contributed by atoms with Crippen LogP contribution in [0.25, 0.3) is 0 Å². The van der Waals surface area contributed by atoms with Crippen LogP contribution in [0.3, 0.4) is 0 Å². The molecule has 0 radical (unpaired) electrons. The smallest absolute Gasteiger partial charge is 0.276 e. The van der Waals surface area contributed by atoms with Gasteiger partial charge in [-0.25, -0.2) is 9.79 Å². The van der Waals surface area contributed by atoms with Crippen molar-refractivity contribution < 1.29 is 9.59 Å². The van der Waals surface area contributed by atoms with Crippen molar-refractivity contribution in [3.63, 3.8) is 0 Å². The van der Waals surface area contributed by atoms with Crippen LogP contribution >= 0.6 is 11.6 Å². The molecule has 0 aromatic heterocycles. The van der Waals surface area contributed by atoms with Gasteiger partial charge in [0.05, 0.1) is 0 Å². The van der Waals surface area contributed by atoms with E-state index in [-0.39, 0.29) is 12.3 Å². The van der Waals surface area contributed by atoms with Crippen LogP contribution in [0.2, 0.25) is 0 Å². The van der Waals surface area contributed by atoms with E-state index in [9.17, 15) is 9.59 Å². The number of rotatable bonds is 2. The number of hydrogen-bond donors (Lipinski definition) is 1. The molecule has 11 heavy (non-hydrogen) atoms. The van der Waals surface area contributed by atoms with Crippen LogP contribution in [0.5, 0.6) is 0 Å². The number of amides is 3. The number of nitrogens with one attached hydrogen (secondary N) is 1. The fourth-order valence-electron chi connectivity index (χ4n) is 0.417. The number of carbonyl (C=O) groups excluding carboxylic acids is 2. The number of aliphatic imine (C=N–C) groups is 1. The van der Waals surface area contributed by atoms with Crippen molar-refractivity contribution in [2.75, 3.05) is 5.88 Å². The van der Waals surface area contributed by atoms with Gasteiger partial charge in [-0.1, -0.05) is 0 Å². The van der Waals surface area contributed by atoms with Crippen LogP contribution in [0.15, 0.2) is 4.99 Å². The highest BCUT2D eigenvalue weighted by atomic mass is 35.5. The van der Waals surface area contributed by atoms with Crippen LogP contribution in [-0.2, 0) is 4.79 Å². The number of carbonyl (C=O) groups is 2. The molecule has 1 N–H and O–H groups in total. The average Bonchev–Trinajstić information content (AvgIpc) is 1.87. The monoisotopic (exact) mass is 176 g/mol. The van der Waals surface area contributed by atoms with E-state index in [4.69, 9.17) is 11.6 Å². The molecular formula is C6H9ClN2O2. The topological polar surface area (TPSA) is 58.5 Å². The van der Waals surface area contributed by atoms with Crippen molar-refractivity contribution >= 4 is 29.8 Å². The summed E-state index contributed by atoms with van der Waals surface area (Å²) in [5.41, 5.74) is 0. The van der Waals surface area contributed by atoms with Crippen LogP contribution < -0.4 is 5.32 Å². The molecule has 3 amide bonds. The van der Waals surface area contributed by atoms with Crippen LogP contribution in [0.1, 0.15) is 13.3 Å². The first-order valence-corrected chi connectivity index (χ1v) is 3.62. The van der Waals surface area contributed by atoms with Gasteiger partial charge in [0.1, 0.15) is 0 Å². The Balaban J connectivity index is 3.66. The largest absolute Gasteiger partial charge is 0.347 e. The van der Waals surface area contributed by atoms with Gasteiger partial charge in [0, 0.05) is 18.5 Å². The lowest BCUT2D eigenvalue weighted by Crippen LogP contribution is -2.27. The summed E-state index contributed by atoms with van der Waals surface area (Å²) >= 11 is 5.25. The molecular weight excluding hydrogens is 168 g/mol. The molecule has 0 rings (SSSR count). The van der Waals surface area contributed by atoms with E-state index < -0.39 is 11.9 Å². The van der Waals surface area contributed by atoms with E-state index in [1.165, 1.54) is 6.21 Å². The van der Waals surface area contributed by atoms with E-state index in [0.717, 1.165) is 0 Å². The van der Waals surface area contributed by atoms with Crippen molar-refractivity contribution in [1.82, 2.24) is 5.32 Å². The fraction of sp³-hybridized carbons (Fsp3) is 0.500. The summed E-state index contributed by atoms with van der Waals surface area (Å²) < 4.78 is 0. The highest BCUT2D eigenvalue weighted by molar-refractivity contribution is 6.19. The summed E-state index contributed by atoms with van der Waals surface area (Å²) in [5.74, 6) is -0.204. The Morgan fingerprint density at radius 2 is 2.27 bits per heavy atom. The minimum atomic E-state index is -0.650. The van der Waals surface area contributed by atoms with Gasteiger partial charge in [-0.3, -0.25) is 10.1 Å². The minimum absolute atomic E-state index is 0.131. The Kier molecular flexibility index (Phi) is 5.37. The van der Waals surface area contributed by atoms with Gasteiger partial charge in [0.15, 0.2) is 0 Å². The molecule has 62 valence electrons. The molecule has 5 heteroatoms. The quantitative estimate of drug-likeness (QED) is 0.503. The third kappa shape index (κ3) is 5.54. The molecule has 0 atom stereocenters. The second-order valence-electron chi connectivity index (χ2n) is 1.68. The standard InChI is InChI=1S/C6H9ClN2O2/c1-2-8-6(11)9-5(10)3-4-7/h2H,3-4H2,1H3,(H,9,10,11). The number of halogens is 1. The molecule has 0 heterocycles.